The van der Waals surface area contributed by atoms with Gasteiger partial charge in [0.05, 0.1) is 12.1 Å². The number of carbonyl (C=O) groups is 2. The molecule has 0 aliphatic carbocycles. The molecule has 6 nitrogen and oxygen atoms in total. The minimum Gasteiger partial charge on any atom is -0.481 e. The molecule has 0 spiro atoms. The van der Waals surface area contributed by atoms with E-state index < -0.39 is 5.97 Å². The number of aliphatic carboxylic acids is 1. The molecule has 1 fully saturated rings. The molecule has 1 heterocycles. The summed E-state index contributed by atoms with van der Waals surface area (Å²) in [6, 6.07) is -0.170. The van der Waals surface area contributed by atoms with Crippen LogP contribution in [0.25, 0.3) is 0 Å². The summed E-state index contributed by atoms with van der Waals surface area (Å²) in [6.45, 7) is 5.93. The molecule has 2 atom stereocenters. The molecular formula is C15H28N2O4. The Morgan fingerprint density at radius 1 is 1.38 bits per heavy atom. The molecule has 21 heavy (non-hydrogen) atoms. The highest BCUT2D eigenvalue weighted by Crippen LogP contribution is 2.18. The molecule has 1 aliphatic rings. The third-order valence-corrected chi connectivity index (χ3v) is 4.04. The van der Waals surface area contributed by atoms with Crippen LogP contribution in [0.5, 0.6) is 0 Å². The van der Waals surface area contributed by atoms with Crippen LogP contribution in [0.2, 0.25) is 0 Å². The maximum Gasteiger partial charge on any atom is 0.315 e. The zero-order chi connectivity index (χ0) is 15.7. The van der Waals surface area contributed by atoms with Crippen molar-refractivity contribution in [2.45, 2.75) is 57.9 Å². The summed E-state index contributed by atoms with van der Waals surface area (Å²) in [5.41, 5.74) is -0.282. The summed E-state index contributed by atoms with van der Waals surface area (Å²) in [5, 5.41) is 14.5. The number of carbonyl (C=O) groups excluding carboxylic acids is 1. The monoisotopic (exact) mass is 300 g/mol. The standard InChI is InChI=1S/C15H28N2O4/c1-3-12(5-6-13(18)19)7-9-16-14(20)17-15(2)8-4-10-21-11-15/h12H,3-11H2,1-2H3,(H,18,19)(H2,16,17,20). The lowest BCUT2D eigenvalue weighted by Gasteiger charge is -2.34. The first-order valence-corrected chi connectivity index (χ1v) is 7.81. The van der Waals surface area contributed by atoms with Gasteiger partial charge in [0.25, 0.3) is 0 Å². The normalized spacial score (nSPS) is 23.3. The Kier molecular flexibility index (Phi) is 7.50. The van der Waals surface area contributed by atoms with Crippen LogP contribution in [0.15, 0.2) is 0 Å². The lowest BCUT2D eigenvalue weighted by Crippen LogP contribution is -2.54. The summed E-state index contributed by atoms with van der Waals surface area (Å²) in [7, 11) is 0. The van der Waals surface area contributed by atoms with Gasteiger partial charge in [0.2, 0.25) is 0 Å². The molecule has 0 radical (unpaired) electrons. The molecule has 6 heteroatoms. The van der Waals surface area contributed by atoms with Crippen LogP contribution in [-0.2, 0) is 9.53 Å². The van der Waals surface area contributed by atoms with Crippen molar-refractivity contribution >= 4 is 12.0 Å². The highest BCUT2D eigenvalue weighted by atomic mass is 16.5. The summed E-state index contributed by atoms with van der Waals surface area (Å²) >= 11 is 0. The Balaban J connectivity index is 2.21. The third-order valence-electron chi connectivity index (χ3n) is 4.04. The van der Waals surface area contributed by atoms with E-state index in [1.165, 1.54) is 0 Å². The molecule has 2 amide bonds. The second-order valence-corrected chi connectivity index (χ2v) is 6.09. The van der Waals surface area contributed by atoms with E-state index >= 15 is 0 Å². The topological polar surface area (TPSA) is 87.7 Å². The highest BCUT2D eigenvalue weighted by molar-refractivity contribution is 5.74. The van der Waals surface area contributed by atoms with Gasteiger partial charge in [-0.05, 0) is 38.5 Å². The predicted octanol–water partition coefficient (Wildman–Crippen LogP) is 2.14. The fraction of sp³-hybridized carbons (Fsp3) is 0.867. The fourth-order valence-corrected chi connectivity index (χ4v) is 2.62. The van der Waals surface area contributed by atoms with Gasteiger partial charge in [-0.3, -0.25) is 4.79 Å². The summed E-state index contributed by atoms with van der Waals surface area (Å²) in [6.07, 6.45) is 4.49. The number of rotatable bonds is 8. The Morgan fingerprint density at radius 3 is 2.71 bits per heavy atom. The molecular weight excluding hydrogens is 272 g/mol. The van der Waals surface area contributed by atoms with Crippen molar-refractivity contribution in [1.29, 1.82) is 0 Å². The number of amides is 2. The van der Waals surface area contributed by atoms with E-state index in [-0.39, 0.29) is 18.0 Å². The van der Waals surface area contributed by atoms with E-state index in [1.54, 1.807) is 0 Å². The summed E-state index contributed by atoms with van der Waals surface area (Å²) in [4.78, 5) is 22.4. The fourth-order valence-electron chi connectivity index (χ4n) is 2.62. The van der Waals surface area contributed by atoms with Crippen molar-refractivity contribution in [2.75, 3.05) is 19.8 Å². The third kappa shape index (κ3) is 7.32. The Bertz CT molecular complexity index is 341. The molecule has 3 N–H and O–H groups in total. The van der Waals surface area contributed by atoms with Crippen LogP contribution in [0.4, 0.5) is 4.79 Å². The number of nitrogens with one attached hydrogen (secondary N) is 2. The van der Waals surface area contributed by atoms with Gasteiger partial charge in [-0.25, -0.2) is 4.79 Å². The van der Waals surface area contributed by atoms with Crippen LogP contribution < -0.4 is 10.6 Å². The van der Waals surface area contributed by atoms with Gasteiger partial charge in [0, 0.05) is 19.6 Å². The molecule has 1 saturated heterocycles. The average molecular weight is 300 g/mol. The van der Waals surface area contributed by atoms with Gasteiger partial charge in [0.1, 0.15) is 0 Å². The smallest absolute Gasteiger partial charge is 0.315 e. The van der Waals surface area contributed by atoms with Gasteiger partial charge < -0.3 is 20.5 Å². The van der Waals surface area contributed by atoms with Gasteiger partial charge in [-0.15, -0.1) is 0 Å². The molecule has 122 valence electrons. The van der Waals surface area contributed by atoms with Crippen molar-refractivity contribution < 1.29 is 19.4 Å². The largest absolute Gasteiger partial charge is 0.481 e. The summed E-state index contributed by atoms with van der Waals surface area (Å²) < 4.78 is 5.40. The van der Waals surface area contributed by atoms with Gasteiger partial charge in [-0.1, -0.05) is 13.3 Å². The van der Waals surface area contributed by atoms with Crippen molar-refractivity contribution in [3.05, 3.63) is 0 Å². The van der Waals surface area contributed by atoms with E-state index in [0.717, 1.165) is 32.3 Å². The minimum atomic E-state index is -0.760. The second-order valence-electron chi connectivity index (χ2n) is 6.09. The van der Waals surface area contributed by atoms with Gasteiger partial charge in [0.15, 0.2) is 0 Å². The van der Waals surface area contributed by atoms with Crippen LogP contribution in [0.1, 0.15) is 52.4 Å². The molecule has 0 bridgehead atoms. The van der Waals surface area contributed by atoms with Crippen molar-refractivity contribution in [1.82, 2.24) is 10.6 Å². The zero-order valence-electron chi connectivity index (χ0n) is 13.1. The Labute approximate surface area is 126 Å². The Morgan fingerprint density at radius 2 is 2.14 bits per heavy atom. The zero-order valence-corrected chi connectivity index (χ0v) is 13.1. The first-order chi connectivity index (χ1) is 9.95. The number of hydrogen-bond donors (Lipinski definition) is 3. The Hall–Kier alpha value is -1.30. The van der Waals surface area contributed by atoms with E-state index in [4.69, 9.17) is 9.84 Å². The maximum absolute atomic E-state index is 11.9. The van der Waals surface area contributed by atoms with E-state index in [2.05, 4.69) is 10.6 Å². The SMILES string of the molecule is CCC(CCNC(=O)NC1(C)CCCOC1)CCC(=O)O. The maximum atomic E-state index is 11.9. The molecule has 1 rings (SSSR count). The molecule has 0 saturated carbocycles. The van der Waals surface area contributed by atoms with E-state index in [1.807, 2.05) is 13.8 Å². The number of urea groups is 1. The minimum absolute atomic E-state index is 0.170. The van der Waals surface area contributed by atoms with Crippen LogP contribution >= 0.6 is 0 Å². The number of hydrogen-bond acceptors (Lipinski definition) is 3. The van der Waals surface area contributed by atoms with Crippen LogP contribution in [0.3, 0.4) is 0 Å². The molecule has 0 aromatic rings. The van der Waals surface area contributed by atoms with Crippen molar-refractivity contribution in [3.8, 4) is 0 Å². The number of carboxylic acid groups (broad SMARTS) is 1. The lowest BCUT2D eigenvalue weighted by molar-refractivity contribution is -0.137. The first-order valence-electron chi connectivity index (χ1n) is 7.81. The lowest BCUT2D eigenvalue weighted by atomic mass is 9.95. The average Bonchev–Trinajstić information content (AvgIpc) is 2.42. The summed E-state index contributed by atoms with van der Waals surface area (Å²) in [5.74, 6) is -0.417. The highest BCUT2D eigenvalue weighted by Gasteiger charge is 2.29. The van der Waals surface area contributed by atoms with Crippen LogP contribution in [0, 0.1) is 5.92 Å². The first kappa shape index (κ1) is 17.8. The van der Waals surface area contributed by atoms with Crippen LogP contribution in [-0.4, -0.2) is 42.4 Å². The van der Waals surface area contributed by atoms with Crippen molar-refractivity contribution in [3.63, 3.8) is 0 Å². The molecule has 2 unspecified atom stereocenters. The molecule has 0 aromatic heterocycles. The quantitative estimate of drug-likeness (QED) is 0.641. The predicted molar refractivity (Wildman–Crippen MR) is 80.3 cm³/mol. The van der Waals surface area contributed by atoms with E-state index in [0.29, 0.717) is 25.5 Å². The van der Waals surface area contributed by atoms with E-state index in [9.17, 15) is 9.59 Å². The number of ether oxygens (including phenoxy) is 1. The second kappa shape index (κ2) is 8.87. The number of carboxylic acids is 1. The van der Waals surface area contributed by atoms with Gasteiger partial charge >= 0.3 is 12.0 Å². The molecule has 0 aromatic carbocycles. The van der Waals surface area contributed by atoms with Gasteiger partial charge in [-0.2, -0.15) is 0 Å². The van der Waals surface area contributed by atoms with Crippen molar-refractivity contribution in [2.24, 2.45) is 5.92 Å². The molecule has 1 aliphatic heterocycles.